The molecule has 6 nitrogen and oxygen atoms in total. The summed E-state index contributed by atoms with van der Waals surface area (Å²) in [6, 6.07) is 7.65. The van der Waals surface area contributed by atoms with Crippen LogP contribution in [0.4, 0.5) is 0 Å². The molecule has 0 spiro atoms. The maximum absolute atomic E-state index is 12.0. The second-order valence-electron chi connectivity index (χ2n) is 5.02. The third-order valence-corrected chi connectivity index (χ3v) is 3.25. The summed E-state index contributed by atoms with van der Waals surface area (Å²) in [5, 5.41) is 2.80. The van der Waals surface area contributed by atoms with E-state index >= 15 is 0 Å². The van der Waals surface area contributed by atoms with Crippen molar-refractivity contribution in [1.82, 2.24) is 25.3 Å². The van der Waals surface area contributed by atoms with Gasteiger partial charge in [0.15, 0.2) is 0 Å². The molecule has 3 aromatic heterocycles. The van der Waals surface area contributed by atoms with Crippen molar-refractivity contribution in [3.63, 3.8) is 0 Å². The van der Waals surface area contributed by atoms with Crippen molar-refractivity contribution in [3.05, 3.63) is 72.2 Å². The number of nitrogens with zero attached hydrogens (tertiary/aromatic N) is 4. The molecule has 0 atom stereocenters. The molecular formula is C17H15N5O. The molecule has 0 aromatic carbocycles. The van der Waals surface area contributed by atoms with E-state index in [1.165, 1.54) is 6.20 Å². The lowest BCUT2D eigenvalue weighted by atomic mass is 10.1. The minimum atomic E-state index is -0.256. The van der Waals surface area contributed by atoms with Gasteiger partial charge in [0.1, 0.15) is 5.69 Å². The monoisotopic (exact) mass is 305 g/mol. The molecule has 6 heteroatoms. The Balaban J connectivity index is 1.62. The van der Waals surface area contributed by atoms with Crippen molar-refractivity contribution in [3.8, 4) is 11.3 Å². The lowest BCUT2D eigenvalue weighted by molar-refractivity contribution is 0.0945. The van der Waals surface area contributed by atoms with Gasteiger partial charge >= 0.3 is 0 Å². The Morgan fingerprint density at radius 3 is 2.61 bits per heavy atom. The first-order valence-electron chi connectivity index (χ1n) is 7.14. The summed E-state index contributed by atoms with van der Waals surface area (Å²) < 4.78 is 0. The average molecular weight is 305 g/mol. The molecule has 3 heterocycles. The zero-order valence-electron chi connectivity index (χ0n) is 12.6. The number of hydrogen-bond donors (Lipinski definition) is 1. The Labute approximate surface area is 133 Å². The van der Waals surface area contributed by atoms with E-state index in [-0.39, 0.29) is 5.91 Å². The number of hydrogen-bond acceptors (Lipinski definition) is 5. The van der Waals surface area contributed by atoms with Crippen LogP contribution in [0.5, 0.6) is 0 Å². The molecule has 0 unspecified atom stereocenters. The van der Waals surface area contributed by atoms with Crippen molar-refractivity contribution in [2.75, 3.05) is 0 Å². The van der Waals surface area contributed by atoms with Crippen molar-refractivity contribution in [1.29, 1.82) is 0 Å². The predicted octanol–water partition coefficient (Wildman–Crippen LogP) is 2.17. The van der Waals surface area contributed by atoms with E-state index in [1.807, 2.05) is 31.2 Å². The third kappa shape index (κ3) is 3.74. The fraction of sp³-hybridized carbons (Fsp3) is 0.118. The van der Waals surface area contributed by atoms with E-state index in [0.717, 1.165) is 22.5 Å². The normalized spacial score (nSPS) is 10.3. The number of pyridine rings is 2. The number of carbonyl (C=O) groups excluding carboxylic acids is 1. The zero-order valence-corrected chi connectivity index (χ0v) is 12.6. The van der Waals surface area contributed by atoms with E-state index in [0.29, 0.717) is 12.2 Å². The first kappa shape index (κ1) is 14.8. The van der Waals surface area contributed by atoms with Gasteiger partial charge in [0, 0.05) is 36.9 Å². The number of aryl methyl sites for hydroxylation is 1. The Hall–Kier alpha value is -3.15. The van der Waals surface area contributed by atoms with Gasteiger partial charge in [0.25, 0.3) is 5.91 Å². The average Bonchev–Trinajstić information content (AvgIpc) is 2.61. The van der Waals surface area contributed by atoms with Crippen LogP contribution in [0.25, 0.3) is 11.3 Å². The first-order valence-corrected chi connectivity index (χ1v) is 7.14. The fourth-order valence-electron chi connectivity index (χ4n) is 2.00. The van der Waals surface area contributed by atoms with Crippen LogP contribution in [0, 0.1) is 6.92 Å². The summed E-state index contributed by atoms with van der Waals surface area (Å²) in [6.45, 7) is 2.21. The fourth-order valence-corrected chi connectivity index (χ4v) is 2.00. The zero-order chi connectivity index (χ0) is 16.1. The molecular weight excluding hydrogens is 290 g/mol. The van der Waals surface area contributed by atoms with E-state index < -0.39 is 0 Å². The Kier molecular flexibility index (Phi) is 4.33. The molecule has 0 saturated carbocycles. The van der Waals surface area contributed by atoms with Crippen LogP contribution in [0.3, 0.4) is 0 Å². The van der Waals surface area contributed by atoms with Crippen molar-refractivity contribution >= 4 is 5.91 Å². The Bertz CT molecular complexity index is 785. The van der Waals surface area contributed by atoms with Crippen LogP contribution in [0.15, 0.2) is 55.2 Å². The largest absolute Gasteiger partial charge is 0.347 e. The lowest BCUT2D eigenvalue weighted by Gasteiger charge is -2.06. The van der Waals surface area contributed by atoms with E-state index in [4.69, 9.17) is 0 Å². The molecule has 0 fully saturated rings. The van der Waals surface area contributed by atoms with E-state index in [9.17, 15) is 4.79 Å². The van der Waals surface area contributed by atoms with Crippen molar-refractivity contribution in [2.24, 2.45) is 0 Å². The quantitative estimate of drug-likeness (QED) is 0.799. The maximum Gasteiger partial charge on any atom is 0.271 e. The third-order valence-electron chi connectivity index (χ3n) is 3.25. The van der Waals surface area contributed by atoms with Crippen LogP contribution in [-0.2, 0) is 6.54 Å². The molecule has 3 rings (SSSR count). The van der Waals surface area contributed by atoms with Gasteiger partial charge in [-0.25, -0.2) is 4.98 Å². The van der Waals surface area contributed by atoms with Crippen LogP contribution in [-0.4, -0.2) is 25.8 Å². The summed E-state index contributed by atoms with van der Waals surface area (Å²) >= 11 is 0. The predicted molar refractivity (Wildman–Crippen MR) is 85.4 cm³/mol. The van der Waals surface area contributed by atoms with Crippen LogP contribution >= 0.6 is 0 Å². The van der Waals surface area contributed by atoms with Gasteiger partial charge in [-0.05, 0) is 30.7 Å². The molecule has 1 amide bonds. The molecule has 0 saturated heterocycles. The number of carbonyl (C=O) groups is 1. The maximum atomic E-state index is 12.0. The van der Waals surface area contributed by atoms with E-state index in [2.05, 4.69) is 25.3 Å². The van der Waals surface area contributed by atoms with Crippen LogP contribution in [0.1, 0.15) is 21.7 Å². The molecule has 23 heavy (non-hydrogen) atoms. The highest BCUT2D eigenvalue weighted by atomic mass is 16.1. The highest BCUT2D eigenvalue weighted by molar-refractivity contribution is 5.91. The molecule has 0 bridgehead atoms. The smallest absolute Gasteiger partial charge is 0.271 e. The molecule has 3 aromatic rings. The standard InChI is InChI=1S/C17H15N5O/c1-12-7-20-16(11-19-12)17(23)22-9-13-4-5-15(21-8-13)14-3-2-6-18-10-14/h2-8,10-11H,9H2,1H3,(H,22,23). The number of aromatic nitrogens is 4. The van der Waals surface area contributed by atoms with Gasteiger partial charge in [-0.15, -0.1) is 0 Å². The minimum absolute atomic E-state index is 0.256. The molecule has 0 aliphatic heterocycles. The molecule has 0 radical (unpaired) electrons. The summed E-state index contributed by atoms with van der Waals surface area (Å²) in [7, 11) is 0. The highest BCUT2D eigenvalue weighted by Crippen LogP contribution is 2.15. The second-order valence-corrected chi connectivity index (χ2v) is 5.02. The molecule has 114 valence electrons. The minimum Gasteiger partial charge on any atom is -0.347 e. The number of amides is 1. The van der Waals surface area contributed by atoms with Crippen LogP contribution < -0.4 is 5.32 Å². The van der Waals surface area contributed by atoms with Gasteiger partial charge < -0.3 is 5.32 Å². The lowest BCUT2D eigenvalue weighted by Crippen LogP contribution is -2.24. The van der Waals surface area contributed by atoms with Gasteiger partial charge in [0.2, 0.25) is 0 Å². The summed E-state index contributed by atoms with van der Waals surface area (Å²) in [6.07, 6.45) is 8.26. The first-order chi connectivity index (χ1) is 11.2. The SMILES string of the molecule is Cc1cnc(C(=O)NCc2ccc(-c3cccnc3)nc2)cn1. The summed E-state index contributed by atoms with van der Waals surface area (Å²) in [4.78, 5) is 28.5. The van der Waals surface area contributed by atoms with Gasteiger partial charge in [-0.3, -0.25) is 19.7 Å². The van der Waals surface area contributed by atoms with Gasteiger partial charge in [-0.2, -0.15) is 0 Å². The van der Waals surface area contributed by atoms with Crippen LogP contribution in [0.2, 0.25) is 0 Å². The number of rotatable bonds is 4. The molecule has 0 aliphatic rings. The Morgan fingerprint density at radius 2 is 1.96 bits per heavy atom. The Morgan fingerprint density at radius 1 is 1.04 bits per heavy atom. The summed E-state index contributed by atoms with van der Waals surface area (Å²) in [5.41, 5.74) is 3.79. The van der Waals surface area contributed by atoms with Gasteiger partial charge in [-0.1, -0.05) is 6.07 Å². The van der Waals surface area contributed by atoms with E-state index in [1.54, 1.807) is 24.8 Å². The van der Waals surface area contributed by atoms with Crippen molar-refractivity contribution in [2.45, 2.75) is 13.5 Å². The summed E-state index contributed by atoms with van der Waals surface area (Å²) in [5.74, 6) is -0.256. The number of nitrogens with one attached hydrogen (secondary N) is 1. The van der Waals surface area contributed by atoms with Gasteiger partial charge in [0.05, 0.1) is 17.6 Å². The van der Waals surface area contributed by atoms with Crippen molar-refractivity contribution < 1.29 is 4.79 Å². The molecule has 1 N–H and O–H groups in total. The topological polar surface area (TPSA) is 80.7 Å². The highest BCUT2D eigenvalue weighted by Gasteiger charge is 2.07. The molecule has 0 aliphatic carbocycles. The second kappa shape index (κ2) is 6.74.